The van der Waals surface area contributed by atoms with Gasteiger partial charge in [-0.2, -0.15) is 0 Å². The molecule has 0 radical (unpaired) electrons. The second-order valence-corrected chi connectivity index (χ2v) is 7.24. The van der Waals surface area contributed by atoms with Crippen LogP contribution in [0, 0.1) is 0 Å². The number of methoxy groups -OCH3 is 1. The highest BCUT2D eigenvalue weighted by atomic mass is 35.5. The molecule has 0 aliphatic rings. The average molecular weight is 306 g/mol. The summed E-state index contributed by atoms with van der Waals surface area (Å²) in [5.74, 6) is -0.769. The molecule has 0 aliphatic carbocycles. The number of hydrogen-bond acceptors (Lipinski definition) is 4. The number of nitrogens with one attached hydrogen (secondary N) is 1. The van der Waals surface area contributed by atoms with Gasteiger partial charge in [0.25, 0.3) is 0 Å². The van der Waals surface area contributed by atoms with Crippen LogP contribution in [0.3, 0.4) is 0 Å². The normalized spacial score (nSPS) is 11.4. The van der Waals surface area contributed by atoms with Crippen molar-refractivity contribution >= 4 is 33.0 Å². The average Bonchev–Trinajstić information content (AvgIpc) is 2.28. The molecule has 0 aliphatic heterocycles. The van der Waals surface area contributed by atoms with Crippen LogP contribution in [0.15, 0.2) is 18.2 Å². The summed E-state index contributed by atoms with van der Waals surface area (Å²) in [6, 6.07) is 4.70. The maximum atomic E-state index is 11.7. The fourth-order valence-electron chi connectivity index (χ4n) is 1.31. The Morgan fingerprint density at radius 3 is 2.58 bits per heavy atom. The standard InChI is InChI=1S/C12H16ClNO4S/c1-8(2)19(16,17)7-12(15)14-10-6-9(13)4-5-11(10)18-3/h4-6,8H,7H2,1-3H3,(H,14,15). The predicted octanol–water partition coefficient (Wildman–Crippen LogP) is 2.11. The van der Waals surface area contributed by atoms with E-state index < -0.39 is 26.7 Å². The summed E-state index contributed by atoms with van der Waals surface area (Å²) >= 11 is 5.82. The van der Waals surface area contributed by atoms with E-state index in [9.17, 15) is 13.2 Å². The molecular formula is C12H16ClNO4S. The molecular weight excluding hydrogens is 290 g/mol. The Bertz CT molecular complexity index is 569. The molecule has 1 aromatic rings. The van der Waals surface area contributed by atoms with Gasteiger partial charge in [-0.3, -0.25) is 4.79 Å². The van der Waals surface area contributed by atoms with Gasteiger partial charge in [-0.25, -0.2) is 8.42 Å². The molecule has 7 heteroatoms. The van der Waals surface area contributed by atoms with E-state index in [1.165, 1.54) is 27.0 Å². The quantitative estimate of drug-likeness (QED) is 0.904. The van der Waals surface area contributed by atoms with E-state index >= 15 is 0 Å². The molecule has 0 atom stereocenters. The second kappa shape index (κ2) is 6.25. The van der Waals surface area contributed by atoms with E-state index in [0.717, 1.165) is 0 Å². The van der Waals surface area contributed by atoms with Crippen molar-refractivity contribution in [2.75, 3.05) is 18.2 Å². The van der Waals surface area contributed by atoms with Gasteiger partial charge in [0.15, 0.2) is 9.84 Å². The molecule has 0 heterocycles. The first-order valence-corrected chi connectivity index (χ1v) is 7.70. The minimum absolute atomic E-state index is 0.346. The third-order valence-corrected chi connectivity index (χ3v) is 4.82. The fraction of sp³-hybridized carbons (Fsp3) is 0.417. The Balaban J connectivity index is 2.86. The minimum atomic E-state index is -3.43. The van der Waals surface area contributed by atoms with E-state index in [0.29, 0.717) is 16.5 Å². The van der Waals surface area contributed by atoms with Crippen LogP contribution in [0.2, 0.25) is 5.02 Å². The van der Waals surface area contributed by atoms with Gasteiger partial charge in [0, 0.05) is 5.02 Å². The number of amides is 1. The molecule has 19 heavy (non-hydrogen) atoms. The fourth-order valence-corrected chi connectivity index (χ4v) is 2.26. The van der Waals surface area contributed by atoms with Gasteiger partial charge in [-0.15, -0.1) is 0 Å². The molecule has 0 aromatic heterocycles. The lowest BCUT2D eigenvalue weighted by molar-refractivity contribution is -0.113. The largest absolute Gasteiger partial charge is 0.495 e. The van der Waals surface area contributed by atoms with Gasteiger partial charge < -0.3 is 10.1 Å². The number of carbonyl (C=O) groups excluding carboxylic acids is 1. The summed E-state index contributed by atoms with van der Waals surface area (Å²) in [7, 11) is -1.98. The van der Waals surface area contributed by atoms with Gasteiger partial charge in [0.1, 0.15) is 11.5 Å². The van der Waals surface area contributed by atoms with Crippen molar-refractivity contribution in [1.82, 2.24) is 0 Å². The molecule has 1 rings (SSSR count). The highest BCUT2D eigenvalue weighted by Crippen LogP contribution is 2.27. The van der Waals surface area contributed by atoms with E-state index in [-0.39, 0.29) is 0 Å². The molecule has 106 valence electrons. The summed E-state index contributed by atoms with van der Waals surface area (Å²) in [6.45, 7) is 3.06. The van der Waals surface area contributed by atoms with Crippen molar-refractivity contribution in [1.29, 1.82) is 0 Å². The Labute approximate surface area is 117 Å². The highest BCUT2D eigenvalue weighted by Gasteiger charge is 2.21. The van der Waals surface area contributed by atoms with Crippen molar-refractivity contribution in [3.8, 4) is 5.75 Å². The van der Waals surface area contributed by atoms with Gasteiger partial charge in [-0.1, -0.05) is 11.6 Å². The lowest BCUT2D eigenvalue weighted by Gasteiger charge is -2.11. The third-order valence-electron chi connectivity index (χ3n) is 2.49. The number of sulfone groups is 1. The van der Waals surface area contributed by atoms with Gasteiger partial charge in [-0.05, 0) is 32.0 Å². The SMILES string of the molecule is COc1ccc(Cl)cc1NC(=O)CS(=O)(=O)C(C)C. The summed E-state index contributed by atoms with van der Waals surface area (Å²) in [5.41, 5.74) is 0.346. The molecule has 1 aromatic carbocycles. The maximum Gasteiger partial charge on any atom is 0.239 e. The molecule has 5 nitrogen and oxygen atoms in total. The van der Waals surface area contributed by atoms with Gasteiger partial charge in [0.05, 0.1) is 18.0 Å². The minimum Gasteiger partial charge on any atom is -0.495 e. The molecule has 0 spiro atoms. The van der Waals surface area contributed by atoms with Crippen LogP contribution >= 0.6 is 11.6 Å². The van der Waals surface area contributed by atoms with Crippen LogP contribution in [-0.4, -0.2) is 32.4 Å². The van der Waals surface area contributed by atoms with Crippen LogP contribution in [0.25, 0.3) is 0 Å². The second-order valence-electron chi connectivity index (χ2n) is 4.25. The molecule has 0 fully saturated rings. The highest BCUT2D eigenvalue weighted by molar-refractivity contribution is 7.92. The molecule has 0 bridgehead atoms. The van der Waals surface area contributed by atoms with E-state index in [4.69, 9.17) is 16.3 Å². The zero-order valence-corrected chi connectivity index (χ0v) is 12.5. The lowest BCUT2D eigenvalue weighted by atomic mass is 10.3. The zero-order chi connectivity index (χ0) is 14.6. The zero-order valence-electron chi connectivity index (χ0n) is 10.9. The van der Waals surface area contributed by atoms with Crippen LogP contribution in [-0.2, 0) is 14.6 Å². The number of benzene rings is 1. The third kappa shape index (κ3) is 4.40. The smallest absolute Gasteiger partial charge is 0.239 e. The Morgan fingerprint density at radius 1 is 1.42 bits per heavy atom. The number of halogens is 1. The summed E-state index contributed by atoms with van der Waals surface area (Å²) < 4.78 is 28.3. The first kappa shape index (κ1) is 15.8. The van der Waals surface area contributed by atoms with Crippen molar-refractivity contribution < 1.29 is 17.9 Å². The van der Waals surface area contributed by atoms with Crippen LogP contribution in [0.1, 0.15) is 13.8 Å². The molecule has 0 saturated carbocycles. The molecule has 0 saturated heterocycles. The van der Waals surface area contributed by atoms with Crippen molar-refractivity contribution in [2.24, 2.45) is 0 Å². The number of ether oxygens (including phenoxy) is 1. The number of rotatable bonds is 5. The number of carbonyl (C=O) groups is 1. The Kier molecular flexibility index (Phi) is 5.20. The molecule has 1 amide bonds. The maximum absolute atomic E-state index is 11.7. The van der Waals surface area contributed by atoms with Gasteiger partial charge in [0.2, 0.25) is 5.91 Å². The monoisotopic (exact) mass is 305 g/mol. The van der Waals surface area contributed by atoms with Crippen LogP contribution < -0.4 is 10.1 Å². The predicted molar refractivity (Wildman–Crippen MR) is 75.6 cm³/mol. The van der Waals surface area contributed by atoms with Crippen LogP contribution in [0.4, 0.5) is 5.69 Å². The van der Waals surface area contributed by atoms with Crippen molar-refractivity contribution in [2.45, 2.75) is 19.1 Å². The number of anilines is 1. The molecule has 1 N–H and O–H groups in total. The van der Waals surface area contributed by atoms with Crippen molar-refractivity contribution in [3.63, 3.8) is 0 Å². The first-order valence-electron chi connectivity index (χ1n) is 5.61. The number of hydrogen-bond donors (Lipinski definition) is 1. The topological polar surface area (TPSA) is 72.5 Å². The van der Waals surface area contributed by atoms with Crippen LogP contribution in [0.5, 0.6) is 5.75 Å². The summed E-state index contributed by atoms with van der Waals surface area (Å²) in [6.07, 6.45) is 0. The van der Waals surface area contributed by atoms with E-state index in [1.807, 2.05) is 0 Å². The Morgan fingerprint density at radius 2 is 2.05 bits per heavy atom. The Hall–Kier alpha value is -1.27. The van der Waals surface area contributed by atoms with E-state index in [2.05, 4.69) is 5.32 Å². The molecule has 0 unspecified atom stereocenters. The lowest BCUT2D eigenvalue weighted by Crippen LogP contribution is -2.28. The summed E-state index contributed by atoms with van der Waals surface area (Å²) in [5, 5.41) is 2.31. The summed E-state index contributed by atoms with van der Waals surface area (Å²) in [4.78, 5) is 11.7. The van der Waals surface area contributed by atoms with E-state index in [1.54, 1.807) is 12.1 Å². The van der Waals surface area contributed by atoms with Gasteiger partial charge >= 0.3 is 0 Å². The first-order chi connectivity index (χ1) is 8.76. The van der Waals surface area contributed by atoms with Crippen molar-refractivity contribution in [3.05, 3.63) is 23.2 Å².